The molecule has 18 heavy (non-hydrogen) atoms. The fraction of sp³-hybridized carbons (Fsp3) is 0.538. The second kappa shape index (κ2) is 6.83. The molecule has 0 bridgehead atoms. The normalized spacial score (nSPS) is 12.1. The molecule has 1 aromatic heterocycles. The molecule has 0 aromatic carbocycles. The largest absolute Gasteiger partial charge is 0.480 e. The molecule has 0 fully saturated rings. The number of amides is 1. The minimum absolute atomic E-state index is 0.162. The smallest absolute Gasteiger partial charge is 0.326 e. The third-order valence-electron chi connectivity index (χ3n) is 2.68. The number of unbranched alkanes of at least 4 members (excludes halogenated alkanes) is 1. The van der Waals surface area contributed by atoms with E-state index in [9.17, 15) is 9.59 Å². The lowest BCUT2D eigenvalue weighted by molar-refractivity contribution is -0.139. The predicted octanol–water partition coefficient (Wildman–Crippen LogP) is 2.22. The maximum atomic E-state index is 11.8. The summed E-state index contributed by atoms with van der Waals surface area (Å²) in [5, 5.41) is 11.5. The quantitative estimate of drug-likeness (QED) is 0.780. The number of hydrogen-bond acceptors (Lipinski definition) is 3. The van der Waals surface area contributed by atoms with E-state index in [0.29, 0.717) is 18.6 Å². The van der Waals surface area contributed by atoms with Gasteiger partial charge in [-0.15, -0.1) is 0 Å². The number of rotatable bonds is 7. The van der Waals surface area contributed by atoms with Crippen molar-refractivity contribution in [2.45, 2.75) is 45.6 Å². The van der Waals surface area contributed by atoms with Crippen LogP contribution in [0.4, 0.5) is 0 Å². The molecule has 0 saturated heterocycles. The molecular formula is C13H19NO4. The Bertz CT molecular complexity index is 411. The second-order valence-corrected chi connectivity index (χ2v) is 4.13. The highest BCUT2D eigenvalue weighted by Crippen LogP contribution is 2.09. The summed E-state index contributed by atoms with van der Waals surface area (Å²) in [5.41, 5.74) is 0. The van der Waals surface area contributed by atoms with Gasteiger partial charge in [-0.05, 0) is 18.6 Å². The van der Waals surface area contributed by atoms with Gasteiger partial charge in [0, 0.05) is 6.42 Å². The predicted molar refractivity (Wildman–Crippen MR) is 66.5 cm³/mol. The number of carbonyl (C=O) groups is 2. The molecule has 5 nitrogen and oxygen atoms in total. The van der Waals surface area contributed by atoms with E-state index in [2.05, 4.69) is 5.32 Å². The highest BCUT2D eigenvalue weighted by Gasteiger charge is 2.21. The van der Waals surface area contributed by atoms with Crippen molar-refractivity contribution in [3.63, 3.8) is 0 Å². The molecule has 1 heterocycles. The van der Waals surface area contributed by atoms with E-state index in [-0.39, 0.29) is 5.76 Å². The van der Waals surface area contributed by atoms with Crippen LogP contribution in [-0.4, -0.2) is 23.0 Å². The van der Waals surface area contributed by atoms with Gasteiger partial charge in [0.1, 0.15) is 11.8 Å². The topological polar surface area (TPSA) is 79.5 Å². The summed E-state index contributed by atoms with van der Waals surface area (Å²) in [6.07, 6.45) is 2.78. The first-order valence-electron chi connectivity index (χ1n) is 6.20. The van der Waals surface area contributed by atoms with Crippen LogP contribution in [0.5, 0.6) is 0 Å². The Morgan fingerprint density at radius 2 is 2.11 bits per heavy atom. The zero-order chi connectivity index (χ0) is 13.5. The van der Waals surface area contributed by atoms with E-state index >= 15 is 0 Å². The van der Waals surface area contributed by atoms with E-state index < -0.39 is 17.9 Å². The number of furan rings is 1. The van der Waals surface area contributed by atoms with Gasteiger partial charge < -0.3 is 14.8 Å². The molecule has 0 aliphatic rings. The van der Waals surface area contributed by atoms with Crippen LogP contribution >= 0.6 is 0 Å². The van der Waals surface area contributed by atoms with Crippen molar-refractivity contribution < 1.29 is 19.1 Å². The highest BCUT2D eigenvalue weighted by molar-refractivity contribution is 5.94. The Morgan fingerprint density at radius 3 is 2.61 bits per heavy atom. The minimum Gasteiger partial charge on any atom is -0.480 e. The lowest BCUT2D eigenvalue weighted by Gasteiger charge is -2.12. The van der Waals surface area contributed by atoms with Gasteiger partial charge in [-0.3, -0.25) is 4.79 Å². The number of aryl methyl sites for hydroxylation is 1. The lowest BCUT2D eigenvalue weighted by atomic mass is 10.1. The number of hydrogen-bond donors (Lipinski definition) is 2. The molecule has 1 aromatic rings. The Balaban J connectivity index is 2.62. The molecule has 1 unspecified atom stereocenters. The number of carboxylic acids is 1. The van der Waals surface area contributed by atoms with Gasteiger partial charge >= 0.3 is 5.97 Å². The Morgan fingerprint density at radius 1 is 1.39 bits per heavy atom. The maximum Gasteiger partial charge on any atom is 0.326 e. The molecule has 1 rings (SSSR count). The van der Waals surface area contributed by atoms with Crippen molar-refractivity contribution >= 4 is 11.9 Å². The van der Waals surface area contributed by atoms with Crippen molar-refractivity contribution in [1.82, 2.24) is 5.32 Å². The summed E-state index contributed by atoms with van der Waals surface area (Å²) in [7, 11) is 0. The zero-order valence-electron chi connectivity index (χ0n) is 10.7. The van der Waals surface area contributed by atoms with Gasteiger partial charge in [0.2, 0.25) is 0 Å². The maximum absolute atomic E-state index is 11.8. The van der Waals surface area contributed by atoms with Crippen LogP contribution in [0.2, 0.25) is 0 Å². The molecule has 2 N–H and O–H groups in total. The molecule has 0 aliphatic carbocycles. The molecule has 1 amide bonds. The first-order chi connectivity index (χ1) is 8.58. The average Bonchev–Trinajstić information content (AvgIpc) is 2.82. The summed E-state index contributed by atoms with van der Waals surface area (Å²) in [4.78, 5) is 22.8. The van der Waals surface area contributed by atoms with E-state index in [1.807, 2.05) is 13.8 Å². The summed E-state index contributed by atoms with van der Waals surface area (Å²) < 4.78 is 5.27. The third-order valence-corrected chi connectivity index (χ3v) is 2.68. The van der Waals surface area contributed by atoms with E-state index in [1.54, 1.807) is 12.1 Å². The highest BCUT2D eigenvalue weighted by atomic mass is 16.4. The van der Waals surface area contributed by atoms with Gasteiger partial charge in [0.05, 0.1) is 0 Å². The standard InChI is InChI=1S/C13H19NO4/c1-3-5-6-10(13(16)17)14-12(15)11-8-7-9(4-2)18-11/h7-8,10H,3-6H2,1-2H3,(H,14,15)(H,16,17). The summed E-state index contributed by atoms with van der Waals surface area (Å²) >= 11 is 0. The molecule has 1 atom stereocenters. The Hall–Kier alpha value is -1.78. The zero-order valence-corrected chi connectivity index (χ0v) is 10.7. The van der Waals surface area contributed by atoms with Crippen molar-refractivity contribution in [2.75, 3.05) is 0 Å². The second-order valence-electron chi connectivity index (χ2n) is 4.13. The van der Waals surface area contributed by atoms with Crippen LogP contribution in [0.15, 0.2) is 16.5 Å². The number of nitrogens with one attached hydrogen (secondary N) is 1. The monoisotopic (exact) mass is 253 g/mol. The average molecular weight is 253 g/mol. The van der Waals surface area contributed by atoms with E-state index in [4.69, 9.17) is 9.52 Å². The Labute approximate surface area is 106 Å². The van der Waals surface area contributed by atoms with Crippen molar-refractivity contribution in [3.8, 4) is 0 Å². The van der Waals surface area contributed by atoms with Gasteiger partial charge in [0.15, 0.2) is 5.76 Å². The first kappa shape index (κ1) is 14.3. The van der Waals surface area contributed by atoms with Crippen LogP contribution in [0.3, 0.4) is 0 Å². The SMILES string of the molecule is CCCCC(NC(=O)c1ccc(CC)o1)C(=O)O. The van der Waals surface area contributed by atoms with Crippen molar-refractivity contribution in [2.24, 2.45) is 0 Å². The summed E-state index contributed by atoms with van der Waals surface area (Å²) in [6, 6.07) is 2.43. The summed E-state index contributed by atoms with van der Waals surface area (Å²) in [5.74, 6) is -0.618. The minimum atomic E-state index is -1.01. The fourth-order valence-electron chi connectivity index (χ4n) is 1.58. The van der Waals surface area contributed by atoms with Crippen LogP contribution in [0, 0.1) is 0 Å². The Kier molecular flexibility index (Phi) is 5.42. The molecule has 5 heteroatoms. The van der Waals surface area contributed by atoms with Crippen molar-refractivity contribution in [1.29, 1.82) is 0 Å². The van der Waals surface area contributed by atoms with Gasteiger partial charge in [-0.2, -0.15) is 0 Å². The molecule has 0 aliphatic heterocycles. The van der Waals surface area contributed by atoms with Gasteiger partial charge in [-0.25, -0.2) is 4.79 Å². The first-order valence-corrected chi connectivity index (χ1v) is 6.20. The van der Waals surface area contributed by atoms with Crippen LogP contribution < -0.4 is 5.32 Å². The van der Waals surface area contributed by atoms with E-state index in [0.717, 1.165) is 12.8 Å². The van der Waals surface area contributed by atoms with Gasteiger partial charge in [-0.1, -0.05) is 26.7 Å². The van der Waals surface area contributed by atoms with Gasteiger partial charge in [0.25, 0.3) is 5.91 Å². The number of carboxylic acid groups (broad SMARTS) is 1. The number of aliphatic carboxylic acids is 1. The van der Waals surface area contributed by atoms with Crippen LogP contribution in [-0.2, 0) is 11.2 Å². The summed E-state index contributed by atoms with van der Waals surface area (Å²) in [6.45, 7) is 3.89. The molecule has 0 spiro atoms. The lowest BCUT2D eigenvalue weighted by Crippen LogP contribution is -2.40. The fourth-order valence-corrected chi connectivity index (χ4v) is 1.58. The van der Waals surface area contributed by atoms with Crippen LogP contribution in [0.25, 0.3) is 0 Å². The molecule has 0 saturated carbocycles. The van der Waals surface area contributed by atoms with E-state index in [1.165, 1.54) is 0 Å². The number of carbonyl (C=O) groups excluding carboxylic acids is 1. The van der Waals surface area contributed by atoms with Crippen molar-refractivity contribution in [3.05, 3.63) is 23.7 Å². The third kappa shape index (κ3) is 3.91. The molecule has 100 valence electrons. The molecular weight excluding hydrogens is 234 g/mol. The molecule has 0 radical (unpaired) electrons. The van der Waals surface area contributed by atoms with Crippen LogP contribution in [0.1, 0.15) is 49.4 Å².